The van der Waals surface area contributed by atoms with E-state index in [-0.39, 0.29) is 17.7 Å². The smallest absolute Gasteiger partial charge is 0.232 e. The maximum Gasteiger partial charge on any atom is 0.232 e. The number of hydrogen-bond acceptors (Lipinski definition) is 3. The first kappa shape index (κ1) is 19.2. The lowest BCUT2D eigenvalue weighted by molar-refractivity contribution is 0.101. The number of hydrogen-bond donors (Lipinski definition) is 0. The highest BCUT2D eigenvalue weighted by molar-refractivity contribution is 7.92. The maximum absolute atomic E-state index is 12.2. The minimum Gasteiger partial charge on any atom is -0.295 e. The Hall–Kier alpha value is -2.14. The van der Waals surface area contributed by atoms with Crippen LogP contribution < -0.4 is 4.31 Å². The van der Waals surface area contributed by atoms with Crippen LogP contribution in [0, 0.1) is 0 Å². The molecule has 2 rings (SSSR count). The third kappa shape index (κ3) is 4.92. The average Bonchev–Trinajstić information content (AvgIpc) is 2.51. The molecule has 0 saturated heterocycles. The van der Waals surface area contributed by atoms with Crippen LogP contribution in [0.25, 0.3) is 0 Å². The number of ketones is 1. The third-order valence-corrected chi connectivity index (χ3v) is 5.25. The van der Waals surface area contributed by atoms with Crippen LogP contribution in [0.4, 0.5) is 5.69 Å². The van der Waals surface area contributed by atoms with Crippen LogP contribution in [0.5, 0.6) is 0 Å². The third-order valence-electron chi connectivity index (χ3n) is 4.11. The molecule has 4 nitrogen and oxygen atoms in total. The Bertz CT molecular complexity index is 845. The first-order valence-electron chi connectivity index (χ1n) is 8.16. The minimum atomic E-state index is -3.44. The summed E-state index contributed by atoms with van der Waals surface area (Å²) in [6.07, 6.45) is 1.19. The fraction of sp³-hybridized carbons (Fsp3) is 0.350. The van der Waals surface area contributed by atoms with E-state index >= 15 is 0 Å². The van der Waals surface area contributed by atoms with Gasteiger partial charge in [0.1, 0.15) is 0 Å². The summed E-state index contributed by atoms with van der Waals surface area (Å²) in [6.45, 7) is 8.16. The van der Waals surface area contributed by atoms with Crippen LogP contribution in [0.2, 0.25) is 0 Å². The van der Waals surface area contributed by atoms with Gasteiger partial charge in [-0.05, 0) is 47.7 Å². The van der Waals surface area contributed by atoms with Gasteiger partial charge in [0, 0.05) is 5.56 Å². The Morgan fingerprint density at radius 2 is 1.48 bits per heavy atom. The number of anilines is 1. The average molecular weight is 359 g/mol. The van der Waals surface area contributed by atoms with E-state index in [2.05, 4.69) is 20.8 Å². The lowest BCUT2D eigenvalue weighted by Crippen LogP contribution is -2.29. The molecule has 0 fully saturated rings. The van der Waals surface area contributed by atoms with Crippen LogP contribution in [-0.2, 0) is 22.0 Å². The summed E-state index contributed by atoms with van der Waals surface area (Å²) < 4.78 is 25.8. The van der Waals surface area contributed by atoms with E-state index in [0.29, 0.717) is 11.3 Å². The number of benzene rings is 2. The van der Waals surface area contributed by atoms with Gasteiger partial charge in [-0.2, -0.15) is 0 Å². The largest absolute Gasteiger partial charge is 0.295 e. The Kier molecular flexibility index (Phi) is 5.37. The van der Waals surface area contributed by atoms with E-state index in [4.69, 9.17) is 0 Å². The SMILES string of the molecule is CC(=O)c1ccc(N(Cc2ccc(C(C)(C)C)cc2)S(C)(=O)=O)cc1. The predicted octanol–water partition coefficient (Wildman–Crippen LogP) is 4.15. The van der Waals surface area contributed by atoms with Crippen molar-refractivity contribution in [1.29, 1.82) is 0 Å². The molecule has 134 valence electrons. The van der Waals surface area contributed by atoms with Gasteiger partial charge in [-0.3, -0.25) is 9.10 Å². The number of rotatable bonds is 5. The van der Waals surface area contributed by atoms with Crippen molar-refractivity contribution in [3.05, 3.63) is 65.2 Å². The van der Waals surface area contributed by atoms with Crippen molar-refractivity contribution in [3.8, 4) is 0 Å². The van der Waals surface area contributed by atoms with Crippen molar-refractivity contribution in [2.24, 2.45) is 0 Å². The fourth-order valence-corrected chi connectivity index (χ4v) is 3.43. The number of sulfonamides is 1. The zero-order chi connectivity index (χ0) is 18.8. The fourth-order valence-electron chi connectivity index (χ4n) is 2.54. The number of carbonyl (C=O) groups is 1. The molecule has 2 aromatic rings. The zero-order valence-corrected chi connectivity index (χ0v) is 16.2. The Balaban J connectivity index is 2.32. The van der Waals surface area contributed by atoms with Gasteiger partial charge in [-0.25, -0.2) is 8.42 Å². The maximum atomic E-state index is 12.2. The highest BCUT2D eigenvalue weighted by Crippen LogP contribution is 2.25. The lowest BCUT2D eigenvalue weighted by atomic mass is 9.87. The molecule has 0 N–H and O–H groups in total. The van der Waals surface area contributed by atoms with Gasteiger partial charge in [-0.1, -0.05) is 45.0 Å². The molecule has 0 aliphatic carbocycles. The molecular weight excluding hydrogens is 334 g/mol. The Morgan fingerprint density at radius 1 is 0.960 bits per heavy atom. The van der Waals surface area contributed by atoms with E-state index in [1.54, 1.807) is 24.3 Å². The van der Waals surface area contributed by atoms with Crippen LogP contribution in [0.15, 0.2) is 48.5 Å². The van der Waals surface area contributed by atoms with Crippen molar-refractivity contribution < 1.29 is 13.2 Å². The summed E-state index contributed by atoms with van der Waals surface area (Å²) in [5.74, 6) is -0.0461. The quantitative estimate of drug-likeness (QED) is 0.754. The van der Waals surface area contributed by atoms with E-state index in [9.17, 15) is 13.2 Å². The van der Waals surface area contributed by atoms with Gasteiger partial charge in [-0.15, -0.1) is 0 Å². The van der Waals surface area contributed by atoms with Gasteiger partial charge >= 0.3 is 0 Å². The van der Waals surface area contributed by atoms with Gasteiger partial charge < -0.3 is 0 Å². The molecule has 0 amide bonds. The molecule has 0 radical (unpaired) electrons. The van der Waals surface area contributed by atoms with E-state index in [0.717, 1.165) is 5.56 Å². The first-order valence-corrected chi connectivity index (χ1v) is 10.0. The van der Waals surface area contributed by atoms with Crippen molar-refractivity contribution in [3.63, 3.8) is 0 Å². The zero-order valence-electron chi connectivity index (χ0n) is 15.4. The second kappa shape index (κ2) is 7.00. The van der Waals surface area contributed by atoms with Crippen LogP contribution in [-0.4, -0.2) is 20.5 Å². The molecule has 0 aromatic heterocycles. The molecule has 0 unspecified atom stereocenters. The second-order valence-electron chi connectivity index (χ2n) is 7.32. The van der Waals surface area contributed by atoms with Crippen LogP contribution >= 0.6 is 0 Å². The summed E-state index contributed by atoms with van der Waals surface area (Å²) in [4.78, 5) is 11.4. The molecule has 0 saturated carbocycles. The van der Waals surface area contributed by atoms with Gasteiger partial charge in [0.25, 0.3) is 0 Å². The van der Waals surface area contributed by atoms with Crippen molar-refractivity contribution >= 4 is 21.5 Å². The summed E-state index contributed by atoms with van der Waals surface area (Å²) in [5.41, 5.74) is 3.28. The Labute approximate surface area is 150 Å². The molecule has 5 heteroatoms. The molecular formula is C20H25NO3S. The lowest BCUT2D eigenvalue weighted by Gasteiger charge is -2.24. The van der Waals surface area contributed by atoms with E-state index in [1.165, 1.54) is 23.0 Å². The Morgan fingerprint density at radius 3 is 1.88 bits per heavy atom. The van der Waals surface area contributed by atoms with Crippen molar-refractivity contribution in [1.82, 2.24) is 0 Å². The van der Waals surface area contributed by atoms with E-state index < -0.39 is 10.0 Å². The summed E-state index contributed by atoms with van der Waals surface area (Å²) in [6, 6.07) is 14.6. The highest BCUT2D eigenvalue weighted by Gasteiger charge is 2.19. The summed E-state index contributed by atoms with van der Waals surface area (Å²) in [7, 11) is -3.44. The summed E-state index contributed by atoms with van der Waals surface area (Å²) >= 11 is 0. The predicted molar refractivity (Wildman–Crippen MR) is 103 cm³/mol. The standard InChI is InChI=1S/C20H25NO3S/c1-15(22)17-8-12-19(13-9-17)21(25(5,23)24)14-16-6-10-18(11-7-16)20(2,3)4/h6-13H,14H2,1-5H3. The second-order valence-corrected chi connectivity index (χ2v) is 9.23. The van der Waals surface area contributed by atoms with E-state index in [1.807, 2.05) is 24.3 Å². The molecule has 0 spiro atoms. The molecule has 0 aliphatic rings. The molecule has 25 heavy (non-hydrogen) atoms. The highest BCUT2D eigenvalue weighted by atomic mass is 32.2. The van der Waals surface area contributed by atoms with Gasteiger partial charge in [0.2, 0.25) is 10.0 Å². The molecule has 0 bridgehead atoms. The van der Waals surface area contributed by atoms with Gasteiger partial charge in [0.15, 0.2) is 5.78 Å². The number of nitrogens with zero attached hydrogens (tertiary/aromatic N) is 1. The summed E-state index contributed by atoms with van der Waals surface area (Å²) in [5, 5.41) is 0. The minimum absolute atomic E-state index is 0.0461. The normalized spacial score (nSPS) is 12.0. The topological polar surface area (TPSA) is 54.5 Å². The monoisotopic (exact) mass is 359 g/mol. The van der Waals surface area contributed by atoms with Crippen molar-refractivity contribution in [2.75, 3.05) is 10.6 Å². The first-order chi connectivity index (χ1) is 11.5. The van der Waals surface area contributed by atoms with Crippen LogP contribution in [0.1, 0.15) is 49.2 Å². The molecule has 0 atom stereocenters. The van der Waals surface area contributed by atoms with Crippen molar-refractivity contribution in [2.45, 2.75) is 39.7 Å². The number of carbonyl (C=O) groups excluding carboxylic acids is 1. The van der Waals surface area contributed by atoms with Crippen LogP contribution in [0.3, 0.4) is 0 Å². The molecule has 2 aromatic carbocycles. The number of Topliss-reactive ketones (excluding diaryl/α,β-unsaturated/α-hetero) is 1. The molecule has 0 aliphatic heterocycles. The van der Waals surface area contributed by atoms with Gasteiger partial charge in [0.05, 0.1) is 18.5 Å². The molecule has 0 heterocycles.